The molecule has 0 aromatic rings. The van der Waals surface area contributed by atoms with Gasteiger partial charge in [0.15, 0.2) is 0 Å². The van der Waals surface area contributed by atoms with E-state index in [4.69, 9.17) is 5.84 Å². The molecule has 0 saturated heterocycles. The number of hydrogen-bond donors (Lipinski definition) is 2. The van der Waals surface area contributed by atoms with Crippen LogP contribution in [0.5, 0.6) is 0 Å². The second kappa shape index (κ2) is 5.66. The van der Waals surface area contributed by atoms with Gasteiger partial charge in [0.25, 0.3) is 0 Å². The van der Waals surface area contributed by atoms with Crippen molar-refractivity contribution < 1.29 is 0 Å². The Hall–Kier alpha value is -0.340. The molecule has 0 amide bonds. The van der Waals surface area contributed by atoms with Crippen molar-refractivity contribution in [1.29, 1.82) is 0 Å². The summed E-state index contributed by atoms with van der Waals surface area (Å²) in [4.78, 5) is 0. The van der Waals surface area contributed by atoms with Crippen LogP contribution in [0.25, 0.3) is 0 Å². The summed E-state index contributed by atoms with van der Waals surface area (Å²) in [7, 11) is 0. The minimum absolute atomic E-state index is 0.772. The Bertz CT molecular complexity index is 50.0. The smallest absolute Gasteiger partial charge is 0.0278 e. The lowest BCUT2D eigenvalue weighted by molar-refractivity contribution is 0.821. The summed E-state index contributed by atoms with van der Waals surface area (Å²) in [5.74, 6) is 4.97. The van der Waals surface area contributed by atoms with Gasteiger partial charge in [0.2, 0.25) is 0 Å². The molecule has 0 unspecified atom stereocenters. The summed E-state index contributed by atoms with van der Waals surface area (Å²) < 4.78 is 0. The van der Waals surface area contributed by atoms with Gasteiger partial charge < -0.3 is 0 Å². The molecular weight excluding hydrogens is 88.1 g/mol. The van der Waals surface area contributed by atoms with Gasteiger partial charge in [-0.1, -0.05) is 19.1 Å². The van der Waals surface area contributed by atoms with Gasteiger partial charge in [0.05, 0.1) is 0 Å². The van der Waals surface area contributed by atoms with E-state index in [1.54, 1.807) is 0 Å². The van der Waals surface area contributed by atoms with Crippen LogP contribution < -0.4 is 11.3 Å². The molecule has 3 N–H and O–H groups in total. The van der Waals surface area contributed by atoms with Gasteiger partial charge in [-0.05, 0) is 6.42 Å². The average Bonchev–Trinajstić information content (AvgIpc) is 1.69. The van der Waals surface area contributed by atoms with E-state index in [1.807, 2.05) is 6.08 Å². The highest BCUT2D eigenvalue weighted by molar-refractivity contribution is 4.80. The number of nitrogens with two attached hydrogens (primary N) is 1. The topological polar surface area (TPSA) is 38.0 Å². The molecule has 42 valence electrons. The average molecular weight is 100 g/mol. The number of rotatable bonds is 3. The van der Waals surface area contributed by atoms with Crippen LogP contribution in [-0.2, 0) is 0 Å². The monoisotopic (exact) mass is 100 g/mol. The minimum Gasteiger partial charge on any atom is -0.271 e. The molecule has 0 aliphatic rings. The number of nitrogens with one attached hydrogen (secondary N) is 1. The molecule has 0 saturated carbocycles. The van der Waals surface area contributed by atoms with Crippen molar-refractivity contribution in [1.82, 2.24) is 5.43 Å². The third-order valence-corrected chi connectivity index (χ3v) is 0.638. The van der Waals surface area contributed by atoms with E-state index in [0.29, 0.717) is 0 Å². The second-order valence-corrected chi connectivity index (χ2v) is 1.29. The van der Waals surface area contributed by atoms with E-state index in [-0.39, 0.29) is 0 Å². The molecule has 0 aromatic heterocycles. The van der Waals surface area contributed by atoms with Gasteiger partial charge in [0.1, 0.15) is 0 Å². The van der Waals surface area contributed by atoms with Gasteiger partial charge in [-0.15, -0.1) is 0 Å². The Balaban J connectivity index is 2.78. The number of hydrogen-bond acceptors (Lipinski definition) is 2. The summed E-state index contributed by atoms with van der Waals surface area (Å²) in [6, 6.07) is 0. The molecule has 7 heavy (non-hydrogen) atoms. The lowest BCUT2D eigenvalue weighted by Gasteiger charge is -1.84. The van der Waals surface area contributed by atoms with Crippen LogP contribution >= 0.6 is 0 Å². The van der Waals surface area contributed by atoms with E-state index < -0.39 is 0 Å². The molecule has 0 radical (unpaired) electrons. The summed E-state index contributed by atoms with van der Waals surface area (Å²) in [6.07, 6.45) is 5.15. The van der Waals surface area contributed by atoms with Crippen LogP contribution in [0.2, 0.25) is 0 Å². The molecule has 0 rings (SSSR count). The molecule has 0 aromatic carbocycles. The molecule has 0 fully saturated rings. The maximum Gasteiger partial charge on any atom is 0.0278 e. The first-order valence-corrected chi connectivity index (χ1v) is 2.50. The van der Waals surface area contributed by atoms with Gasteiger partial charge in [-0.25, -0.2) is 0 Å². The van der Waals surface area contributed by atoms with Crippen molar-refractivity contribution in [2.24, 2.45) is 5.84 Å². The largest absolute Gasteiger partial charge is 0.271 e. The maximum absolute atomic E-state index is 4.97. The molecule has 0 spiro atoms. The van der Waals surface area contributed by atoms with E-state index in [9.17, 15) is 0 Å². The van der Waals surface area contributed by atoms with Crippen LogP contribution in [0.3, 0.4) is 0 Å². The zero-order chi connectivity index (χ0) is 5.54. The third kappa shape index (κ3) is 5.66. The summed E-state index contributed by atoms with van der Waals surface area (Å²) in [6.45, 7) is 2.86. The molecule has 0 aliphatic heterocycles. The Labute approximate surface area is 44.4 Å². The molecule has 0 bridgehead atoms. The molecule has 0 atom stereocenters. The summed E-state index contributed by atoms with van der Waals surface area (Å²) in [5, 5.41) is 0. The number of allylic oxidation sites excluding steroid dienone is 1. The molecule has 0 heterocycles. The highest BCUT2D eigenvalue weighted by atomic mass is 15.2. The van der Waals surface area contributed by atoms with Crippen molar-refractivity contribution in [2.45, 2.75) is 13.3 Å². The standard InChI is InChI=1S/C5H12N2/c1-2-3-4-5-7-6/h3-4,7H,2,5-6H2,1H3. The first-order chi connectivity index (χ1) is 3.41. The number of hydrazine groups is 1. The van der Waals surface area contributed by atoms with Gasteiger partial charge in [-0.2, -0.15) is 0 Å². The van der Waals surface area contributed by atoms with Gasteiger partial charge in [-0.3, -0.25) is 11.3 Å². The van der Waals surface area contributed by atoms with Crippen molar-refractivity contribution in [3.05, 3.63) is 12.2 Å². The van der Waals surface area contributed by atoms with Crippen molar-refractivity contribution >= 4 is 0 Å². The fourth-order valence-electron chi connectivity index (χ4n) is 0.318. The van der Waals surface area contributed by atoms with Gasteiger partial charge in [0, 0.05) is 6.54 Å². The summed E-state index contributed by atoms with van der Waals surface area (Å²) in [5.41, 5.74) is 2.52. The van der Waals surface area contributed by atoms with E-state index >= 15 is 0 Å². The fourth-order valence-corrected chi connectivity index (χ4v) is 0.318. The zero-order valence-electron chi connectivity index (χ0n) is 4.65. The van der Waals surface area contributed by atoms with Gasteiger partial charge >= 0.3 is 0 Å². The van der Waals surface area contributed by atoms with E-state index in [2.05, 4.69) is 18.4 Å². The molecular formula is C5H12N2. The molecule has 2 heteroatoms. The molecule has 2 nitrogen and oxygen atoms in total. The summed E-state index contributed by atoms with van der Waals surface area (Å²) >= 11 is 0. The predicted molar refractivity (Wildman–Crippen MR) is 31.6 cm³/mol. The third-order valence-electron chi connectivity index (χ3n) is 0.638. The highest BCUT2D eigenvalue weighted by Crippen LogP contribution is 1.74. The quantitative estimate of drug-likeness (QED) is 0.306. The Morgan fingerprint density at radius 3 is 2.71 bits per heavy atom. The first-order valence-electron chi connectivity index (χ1n) is 2.50. The van der Waals surface area contributed by atoms with Crippen LogP contribution in [0.15, 0.2) is 12.2 Å². The zero-order valence-corrected chi connectivity index (χ0v) is 4.65. The van der Waals surface area contributed by atoms with E-state index in [0.717, 1.165) is 13.0 Å². The normalized spacial score (nSPS) is 10.6. The Morgan fingerprint density at radius 2 is 2.29 bits per heavy atom. The van der Waals surface area contributed by atoms with Crippen LogP contribution in [0.4, 0.5) is 0 Å². The second-order valence-electron chi connectivity index (χ2n) is 1.29. The van der Waals surface area contributed by atoms with Crippen LogP contribution in [0.1, 0.15) is 13.3 Å². The maximum atomic E-state index is 4.97. The molecule has 0 aliphatic carbocycles. The highest BCUT2D eigenvalue weighted by Gasteiger charge is 1.65. The van der Waals surface area contributed by atoms with Crippen molar-refractivity contribution in [3.8, 4) is 0 Å². The van der Waals surface area contributed by atoms with E-state index in [1.165, 1.54) is 0 Å². The SMILES string of the molecule is CCC=CCNN. The van der Waals surface area contributed by atoms with Crippen molar-refractivity contribution in [2.75, 3.05) is 6.54 Å². The van der Waals surface area contributed by atoms with Crippen LogP contribution in [0, 0.1) is 0 Å². The lowest BCUT2D eigenvalue weighted by Crippen LogP contribution is -2.21. The lowest BCUT2D eigenvalue weighted by atomic mass is 10.4. The van der Waals surface area contributed by atoms with Crippen LogP contribution in [-0.4, -0.2) is 6.54 Å². The fraction of sp³-hybridized carbons (Fsp3) is 0.600. The Kier molecular flexibility index (Phi) is 5.39. The minimum atomic E-state index is 0.772. The Morgan fingerprint density at radius 1 is 1.57 bits per heavy atom. The van der Waals surface area contributed by atoms with Crippen molar-refractivity contribution in [3.63, 3.8) is 0 Å². The predicted octanol–water partition coefficient (Wildman–Crippen LogP) is 0.416. The first kappa shape index (κ1) is 6.66.